The standard InChI is InChI=1S/C5H10NO2/c7-4-5-3-6-1-2-8-5/h6-7H,1-4H2/q+1. The summed E-state index contributed by atoms with van der Waals surface area (Å²) in [5.74, 6) is 0. The van der Waals surface area contributed by atoms with Crippen LogP contribution in [0.4, 0.5) is 0 Å². The summed E-state index contributed by atoms with van der Waals surface area (Å²) in [6.07, 6.45) is 0.747. The second-order valence-electron chi connectivity index (χ2n) is 1.72. The Morgan fingerprint density at radius 1 is 1.75 bits per heavy atom. The summed E-state index contributed by atoms with van der Waals surface area (Å²) in [5, 5.41) is 11.6. The minimum atomic E-state index is 0.0486. The second kappa shape index (κ2) is 2.91. The Kier molecular flexibility index (Phi) is 2.14. The molecular weight excluding hydrogens is 106 g/mol. The molecule has 1 saturated heterocycles. The topological polar surface area (TPSA) is 41.5 Å². The zero-order valence-corrected chi connectivity index (χ0v) is 4.68. The van der Waals surface area contributed by atoms with Gasteiger partial charge in [-0.1, -0.05) is 0 Å². The first-order valence-corrected chi connectivity index (χ1v) is 2.72. The molecule has 8 heavy (non-hydrogen) atoms. The third kappa shape index (κ3) is 1.36. The van der Waals surface area contributed by atoms with Gasteiger partial charge in [-0.05, 0) is 0 Å². The van der Waals surface area contributed by atoms with Crippen LogP contribution in [-0.4, -0.2) is 31.4 Å². The number of aliphatic hydroxyl groups excluding tert-OH is 1. The predicted molar refractivity (Wildman–Crippen MR) is 29.2 cm³/mol. The van der Waals surface area contributed by atoms with Crippen molar-refractivity contribution in [1.29, 1.82) is 0 Å². The summed E-state index contributed by atoms with van der Waals surface area (Å²) in [7, 11) is 0. The molecule has 3 heteroatoms. The lowest BCUT2D eigenvalue weighted by molar-refractivity contribution is 0.0718. The number of morpholine rings is 1. The molecule has 0 aromatic rings. The zero-order valence-electron chi connectivity index (χ0n) is 4.68. The molecule has 0 aliphatic carbocycles. The number of nitrogens with one attached hydrogen (secondary N) is 1. The first-order chi connectivity index (χ1) is 3.93. The summed E-state index contributed by atoms with van der Waals surface area (Å²) in [6, 6.07) is 0. The van der Waals surface area contributed by atoms with E-state index in [4.69, 9.17) is 9.84 Å². The van der Waals surface area contributed by atoms with Crippen molar-refractivity contribution in [1.82, 2.24) is 5.32 Å². The van der Waals surface area contributed by atoms with Gasteiger partial charge in [0.25, 0.3) is 6.10 Å². The SMILES string of the molecule is OC[C+]1CNCCO1. The Labute approximate surface area is 48.7 Å². The van der Waals surface area contributed by atoms with Crippen LogP contribution in [0.5, 0.6) is 0 Å². The normalized spacial score (nSPS) is 21.4. The van der Waals surface area contributed by atoms with Gasteiger partial charge in [0, 0.05) is 6.54 Å². The quantitative estimate of drug-likeness (QED) is 0.438. The average Bonchev–Trinajstić information content (AvgIpc) is 1.90. The third-order valence-corrected chi connectivity index (χ3v) is 1.08. The first-order valence-electron chi connectivity index (χ1n) is 2.72. The molecule has 0 saturated carbocycles. The van der Waals surface area contributed by atoms with Crippen LogP contribution in [0.1, 0.15) is 0 Å². The maximum atomic E-state index is 8.49. The Morgan fingerprint density at radius 2 is 2.62 bits per heavy atom. The van der Waals surface area contributed by atoms with Crippen molar-refractivity contribution in [3.05, 3.63) is 6.10 Å². The molecule has 3 nitrogen and oxygen atoms in total. The molecule has 0 atom stereocenters. The van der Waals surface area contributed by atoms with Crippen molar-refractivity contribution >= 4 is 0 Å². The molecule has 1 rings (SSSR count). The van der Waals surface area contributed by atoms with E-state index in [0.717, 1.165) is 12.6 Å². The van der Waals surface area contributed by atoms with Crippen LogP contribution in [0, 0.1) is 6.10 Å². The fraction of sp³-hybridized carbons (Fsp3) is 0.800. The van der Waals surface area contributed by atoms with Gasteiger partial charge >= 0.3 is 0 Å². The highest BCUT2D eigenvalue weighted by Crippen LogP contribution is 2.01. The number of hydrogen-bond donors (Lipinski definition) is 2. The van der Waals surface area contributed by atoms with Crippen LogP contribution >= 0.6 is 0 Å². The van der Waals surface area contributed by atoms with Gasteiger partial charge in [0.15, 0.2) is 6.54 Å². The summed E-state index contributed by atoms with van der Waals surface area (Å²) in [5.41, 5.74) is 0. The fourth-order valence-corrected chi connectivity index (χ4v) is 0.648. The van der Waals surface area contributed by atoms with E-state index in [1.165, 1.54) is 0 Å². The molecule has 0 radical (unpaired) electrons. The first kappa shape index (κ1) is 5.88. The van der Waals surface area contributed by atoms with Crippen molar-refractivity contribution in [3.8, 4) is 0 Å². The van der Waals surface area contributed by atoms with E-state index in [1.807, 2.05) is 0 Å². The highest BCUT2D eigenvalue weighted by atomic mass is 16.5. The molecule has 0 unspecified atom stereocenters. The third-order valence-electron chi connectivity index (χ3n) is 1.08. The van der Waals surface area contributed by atoms with Gasteiger partial charge < -0.3 is 5.11 Å². The van der Waals surface area contributed by atoms with Crippen LogP contribution in [0.3, 0.4) is 0 Å². The molecular formula is C5H10NO2+. The van der Waals surface area contributed by atoms with Crippen LogP contribution in [-0.2, 0) is 4.74 Å². The van der Waals surface area contributed by atoms with E-state index in [9.17, 15) is 0 Å². The summed E-state index contributed by atoms with van der Waals surface area (Å²) in [4.78, 5) is 0. The van der Waals surface area contributed by atoms with Gasteiger partial charge in [-0.25, -0.2) is 0 Å². The van der Waals surface area contributed by atoms with E-state index < -0.39 is 0 Å². The van der Waals surface area contributed by atoms with Gasteiger partial charge in [-0.3, -0.25) is 5.32 Å². The Bertz CT molecular complexity index is 61.4. The molecule has 1 heterocycles. The van der Waals surface area contributed by atoms with E-state index in [1.54, 1.807) is 0 Å². The van der Waals surface area contributed by atoms with Crippen molar-refractivity contribution in [2.45, 2.75) is 0 Å². The highest BCUT2D eigenvalue weighted by Gasteiger charge is 2.23. The largest absolute Gasteiger partial charge is 0.353 e. The minimum Gasteiger partial charge on any atom is -0.353 e. The van der Waals surface area contributed by atoms with Gasteiger partial charge in [0.1, 0.15) is 6.61 Å². The van der Waals surface area contributed by atoms with Crippen molar-refractivity contribution in [2.75, 3.05) is 26.3 Å². The Morgan fingerprint density at radius 3 is 3.00 bits per heavy atom. The van der Waals surface area contributed by atoms with E-state index >= 15 is 0 Å². The van der Waals surface area contributed by atoms with E-state index in [2.05, 4.69) is 5.32 Å². The lowest BCUT2D eigenvalue weighted by Crippen LogP contribution is -2.34. The average molecular weight is 116 g/mol. The van der Waals surface area contributed by atoms with Gasteiger partial charge in [-0.2, -0.15) is 4.74 Å². The van der Waals surface area contributed by atoms with E-state index in [-0.39, 0.29) is 6.61 Å². The van der Waals surface area contributed by atoms with Crippen molar-refractivity contribution in [2.24, 2.45) is 0 Å². The van der Waals surface area contributed by atoms with Gasteiger partial charge in [-0.15, -0.1) is 0 Å². The molecule has 0 bridgehead atoms. The maximum absolute atomic E-state index is 8.49. The molecule has 0 amide bonds. The number of ether oxygens (including phenoxy) is 1. The fourth-order valence-electron chi connectivity index (χ4n) is 0.648. The van der Waals surface area contributed by atoms with Crippen molar-refractivity contribution in [3.63, 3.8) is 0 Å². The molecule has 2 N–H and O–H groups in total. The maximum Gasteiger partial charge on any atom is 0.283 e. The van der Waals surface area contributed by atoms with Gasteiger partial charge in [0.2, 0.25) is 6.61 Å². The lowest BCUT2D eigenvalue weighted by Gasteiger charge is -2.09. The minimum absolute atomic E-state index is 0.0486. The smallest absolute Gasteiger partial charge is 0.283 e. The van der Waals surface area contributed by atoms with Crippen LogP contribution in [0.25, 0.3) is 0 Å². The Balaban J connectivity index is 2.13. The zero-order chi connectivity index (χ0) is 5.82. The second-order valence-corrected chi connectivity index (χ2v) is 1.72. The number of rotatable bonds is 1. The molecule has 0 aromatic carbocycles. The van der Waals surface area contributed by atoms with Crippen LogP contribution in [0.2, 0.25) is 0 Å². The monoisotopic (exact) mass is 116 g/mol. The Hall–Kier alpha value is -0.250. The van der Waals surface area contributed by atoms with Gasteiger partial charge in [0.05, 0.1) is 0 Å². The highest BCUT2D eigenvalue weighted by molar-refractivity contribution is 4.83. The molecule has 1 aliphatic heterocycles. The van der Waals surface area contributed by atoms with E-state index in [0.29, 0.717) is 13.2 Å². The van der Waals surface area contributed by atoms with Crippen molar-refractivity contribution < 1.29 is 9.84 Å². The lowest BCUT2D eigenvalue weighted by atomic mass is 10.3. The summed E-state index contributed by atoms with van der Waals surface area (Å²) >= 11 is 0. The molecule has 46 valence electrons. The molecule has 1 fully saturated rings. The predicted octanol–water partition coefficient (Wildman–Crippen LogP) is -0.870. The number of hydrogen-bond acceptors (Lipinski definition) is 3. The van der Waals surface area contributed by atoms with Crippen LogP contribution in [0.15, 0.2) is 0 Å². The summed E-state index contributed by atoms with van der Waals surface area (Å²) in [6.45, 7) is 2.34. The molecule has 0 aromatic heterocycles. The molecule has 0 spiro atoms. The summed E-state index contributed by atoms with van der Waals surface area (Å²) < 4.78 is 5.03. The van der Waals surface area contributed by atoms with Crippen LogP contribution < -0.4 is 5.32 Å². The molecule has 1 aliphatic rings. The number of aliphatic hydroxyl groups is 1.